The van der Waals surface area contributed by atoms with Gasteiger partial charge in [0.15, 0.2) is 0 Å². The molecule has 0 unspecified atom stereocenters. The second kappa shape index (κ2) is 2.15. The first kappa shape index (κ1) is 5.58. The van der Waals surface area contributed by atoms with Crippen molar-refractivity contribution in [3.8, 4) is 0 Å². The smallest absolute Gasteiger partial charge is 0.108 e. The molecule has 0 bridgehead atoms. The van der Waals surface area contributed by atoms with Gasteiger partial charge in [-0.15, -0.1) is 8.86 Å². The summed E-state index contributed by atoms with van der Waals surface area (Å²) in [5.74, 6) is 2.78. The van der Waals surface area contributed by atoms with Crippen LogP contribution < -0.4 is 0 Å². The summed E-state index contributed by atoms with van der Waals surface area (Å²) >= 11 is 0. The maximum Gasteiger partial charge on any atom is 0.108 e. The average molecular weight is 126 g/mol. The largest absolute Gasteiger partial charge is 0.469 e. The molecule has 1 heterocycles. The Morgan fingerprint density at radius 1 is 1.75 bits per heavy atom. The molecule has 0 saturated heterocycles. The molecule has 0 amide bonds. The Kier molecular flexibility index (Phi) is 1.50. The van der Waals surface area contributed by atoms with Gasteiger partial charge in [0.1, 0.15) is 5.76 Å². The van der Waals surface area contributed by atoms with Gasteiger partial charge < -0.3 is 4.42 Å². The normalized spacial score (nSPS) is 9.12. The Balaban J connectivity index is 3.09. The molecule has 1 nitrogen and oxygen atoms in total. The lowest BCUT2D eigenvalue weighted by Crippen LogP contribution is -1.72. The van der Waals surface area contributed by atoms with Gasteiger partial charge in [0.05, 0.1) is 6.26 Å². The van der Waals surface area contributed by atoms with E-state index in [2.05, 4.69) is 8.86 Å². The maximum atomic E-state index is 4.99. The molecular weight excluding hydrogens is 119 g/mol. The molecule has 0 N–H and O–H groups in total. The lowest BCUT2D eigenvalue weighted by molar-refractivity contribution is 0.534. The quantitative estimate of drug-likeness (QED) is 0.523. The highest BCUT2D eigenvalue weighted by Gasteiger charge is 1.92. The van der Waals surface area contributed by atoms with Crippen LogP contribution in [-0.4, -0.2) is 5.80 Å². The van der Waals surface area contributed by atoms with E-state index in [0.717, 1.165) is 11.3 Å². The highest BCUT2D eigenvalue weighted by Crippen LogP contribution is 2.04. The molecule has 1 rings (SSSR count). The molecule has 0 radical (unpaired) electrons. The lowest BCUT2D eigenvalue weighted by Gasteiger charge is -1.81. The van der Waals surface area contributed by atoms with Gasteiger partial charge in [0.25, 0.3) is 0 Å². The first-order valence-corrected chi connectivity index (χ1v) is 2.97. The van der Waals surface area contributed by atoms with Gasteiger partial charge >= 0.3 is 0 Å². The van der Waals surface area contributed by atoms with Crippen molar-refractivity contribution in [3.63, 3.8) is 0 Å². The lowest BCUT2D eigenvalue weighted by atomic mass is 10.3. The highest BCUT2D eigenvalue weighted by atomic mass is 31.0. The first-order valence-electron chi connectivity index (χ1n) is 2.39. The van der Waals surface area contributed by atoms with Gasteiger partial charge in [-0.3, -0.25) is 0 Å². The van der Waals surface area contributed by atoms with Crippen molar-refractivity contribution in [2.24, 2.45) is 0 Å². The van der Waals surface area contributed by atoms with Crippen LogP contribution in [0.3, 0.4) is 0 Å². The predicted molar refractivity (Wildman–Crippen MR) is 36.9 cm³/mol. The summed E-state index contributed by atoms with van der Waals surface area (Å²) in [7, 11) is 3.25. The van der Waals surface area contributed by atoms with Crippen LogP contribution in [0, 0.1) is 6.92 Å². The van der Waals surface area contributed by atoms with Crippen molar-refractivity contribution >= 4 is 14.7 Å². The van der Waals surface area contributed by atoms with Gasteiger partial charge in [-0.25, -0.2) is 0 Å². The van der Waals surface area contributed by atoms with Crippen LogP contribution in [-0.2, 0) is 0 Å². The third-order valence-electron chi connectivity index (χ3n) is 1.05. The molecule has 2 heteroatoms. The summed E-state index contributed by atoms with van der Waals surface area (Å²) in [4.78, 5) is 0. The highest BCUT2D eigenvalue weighted by molar-refractivity contribution is 7.19. The van der Waals surface area contributed by atoms with Gasteiger partial charge in [0.2, 0.25) is 0 Å². The van der Waals surface area contributed by atoms with Crippen molar-refractivity contribution in [1.29, 1.82) is 0 Å². The fraction of sp³-hybridized carbons (Fsp3) is 0.167. The van der Waals surface area contributed by atoms with Crippen molar-refractivity contribution < 1.29 is 4.42 Å². The molecule has 0 aliphatic heterocycles. The molecule has 0 aliphatic rings. The summed E-state index contributed by atoms with van der Waals surface area (Å²) in [6.07, 6.45) is 1.67. The Hall–Kier alpha value is -0.550. The molecule has 1 aromatic rings. The second-order valence-electron chi connectivity index (χ2n) is 1.58. The van der Waals surface area contributed by atoms with Crippen molar-refractivity contribution in [2.75, 3.05) is 0 Å². The van der Waals surface area contributed by atoms with Gasteiger partial charge in [0, 0.05) is 5.56 Å². The van der Waals surface area contributed by atoms with Crippen LogP contribution in [0.4, 0.5) is 0 Å². The fourth-order valence-corrected chi connectivity index (χ4v) is 0.844. The SMILES string of the molecule is Cc1occc1C=P. The predicted octanol–water partition coefficient (Wildman–Crippen LogP) is 1.88. The molecule has 0 spiro atoms. The second-order valence-corrected chi connectivity index (χ2v) is 1.87. The molecule has 0 saturated carbocycles. The van der Waals surface area contributed by atoms with E-state index in [0.29, 0.717) is 0 Å². The number of hydrogen-bond donors (Lipinski definition) is 0. The van der Waals surface area contributed by atoms with E-state index in [9.17, 15) is 0 Å². The molecule has 42 valence electrons. The van der Waals surface area contributed by atoms with Crippen LogP contribution in [0.1, 0.15) is 11.3 Å². The maximum absolute atomic E-state index is 4.99. The molecule has 0 atom stereocenters. The zero-order chi connectivity index (χ0) is 5.98. The van der Waals surface area contributed by atoms with Crippen molar-refractivity contribution in [2.45, 2.75) is 6.92 Å². The minimum absolute atomic E-state index is 0.944. The topological polar surface area (TPSA) is 13.1 Å². The van der Waals surface area contributed by atoms with E-state index in [1.165, 1.54) is 0 Å². The summed E-state index contributed by atoms with van der Waals surface area (Å²) in [6, 6.07) is 1.91. The molecule has 1 aromatic heterocycles. The van der Waals surface area contributed by atoms with Crippen LogP contribution >= 0.6 is 8.86 Å². The Bertz CT molecular complexity index is 190. The zero-order valence-electron chi connectivity index (χ0n) is 4.64. The van der Waals surface area contributed by atoms with E-state index in [1.807, 2.05) is 18.8 Å². The van der Waals surface area contributed by atoms with Crippen LogP contribution in [0.15, 0.2) is 16.7 Å². The van der Waals surface area contributed by atoms with E-state index in [1.54, 1.807) is 6.26 Å². The van der Waals surface area contributed by atoms with E-state index in [4.69, 9.17) is 4.42 Å². The summed E-state index contributed by atoms with van der Waals surface area (Å²) in [5.41, 5.74) is 1.10. The Morgan fingerprint density at radius 2 is 2.50 bits per heavy atom. The number of hydrogen-bond acceptors (Lipinski definition) is 1. The average Bonchev–Trinajstić information content (AvgIpc) is 2.14. The van der Waals surface area contributed by atoms with Gasteiger partial charge in [-0.05, 0) is 18.8 Å². The first-order chi connectivity index (χ1) is 3.84. The Labute approximate surface area is 50.5 Å². The third kappa shape index (κ3) is 0.823. The minimum Gasteiger partial charge on any atom is -0.469 e. The van der Waals surface area contributed by atoms with Crippen LogP contribution in [0.5, 0.6) is 0 Å². The third-order valence-corrected chi connectivity index (χ3v) is 1.37. The number of furan rings is 1. The summed E-state index contributed by atoms with van der Waals surface area (Å²) < 4.78 is 4.99. The van der Waals surface area contributed by atoms with Crippen LogP contribution in [0.2, 0.25) is 0 Å². The van der Waals surface area contributed by atoms with Crippen LogP contribution in [0.25, 0.3) is 0 Å². The fourth-order valence-electron chi connectivity index (χ4n) is 0.545. The van der Waals surface area contributed by atoms with Gasteiger partial charge in [-0.1, -0.05) is 0 Å². The van der Waals surface area contributed by atoms with Crippen molar-refractivity contribution in [1.82, 2.24) is 0 Å². The van der Waals surface area contributed by atoms with E-state index in [-0.39, 0.29) is 0 Å². The standard InChI is InChI=1S/C6H7OP/c1-5-6(4-8)2-3-7-5/h2-4,8H,1H3. The van der Waals surface area contributed by atoms with E-state index < -0.39 is 0 Å². The van der Waals surface area contributed by atoms with Gasteiger partial charge in [-0.2, -0.15) is 0 Å². The van der Waals surface area contributed by atoms with E-state index >= 15 is 0 Å². The number of rotatable bonds is 1. The molecule has 0 aliphatic carbocycles. The monoisotopic (exact) mass is 126 g/mol. The number of aryl methyl sites for hydroxylation is 1. The minimum atomic E-state index is 0.944. The molecular formula is C6H7OP. The molecule has 0 aromatic carbocycles. The summed E-state index contributed by atoms with van der Waals surface area (Å²) in [5, 5.41) is 0. The zero-order valence-corrected chi connectivity index (χ0v) is 5.64. The molecule has 8 heavy (non-hydrogen) atoms. The Morgan fingerprint density at radius 3 is 2.75 bits per heavy atom. The van der Waals surface area contributed by atoms with Crippen molar-refractivity contribution in [3.05, 3.63) is 23.7 Å². The molecule has 0 fully saturated rings. The summed E-state index contributed by atoms with van der Waals surface area (Å²) in [6.45, 7) is 1.92.